The highest BCUT2D eigenvalue weighted by Gasteiger charge is 2.54. The van der Waals surface area contributed by atoms with Crippen LogP contribution >= 0.6 is 22.6 Å². The average Bonchev–Trinajstić information content (AvgIpc) is 3.07. The number of carboxylic acid groups (broad SMARTS) is 1. The highest BCUT2D eigenvalue weighted by molar-refractivity contribution is 14.1. The summed E-state index contributed by atoms with van der Waals surface area (Å²) in [6.07, 6.45) is 2.39. The maximum atomic E-state index is 12.6. The molecule has 2 aliphatic rings. The fourth-order valence-electron chi connectivity index (χ4n) is 3.11. The van der Waals surface area contributed by atoms with Crippen LogP contribution in [0.4, 0.5) is 0 Å². The molecule has 6 heteroatoms. The molecule has 0 aliphatic carbocycles. The lowest BCUT2D eigenvalue weighted by molar-refractivity contribution is -0.168. The van der Waals surface area contributed by atoms with Gasteiger partial charge in [0.2, 0.25) is 0 Å². The van der Waals surface area contributed by atoms with E-state index in [2.05, 4.69) is 22.6 Å². The van der Waals surface area contributed by atoms with Crippen molar-refractivity contribution in [1.82, 2.24) is 0 Å². The quantitative estimate of drug-likeness (QED) is 0.454. The minimum absolute atomic E-state index is 0.513. The van der Waals surface area contributed by atoms with Crippen molar-refractivity contribution in [1.29, 1.82) is 0 Å². The third kappa shape index (κ3) is 3.01. The Bertz CT molecular complexity index is 664. The Morgan fingerprint density at radius 1 is 1.13 bits per heavy atom. The number of benzene rings is 1. The summed E-state index contributed by atoms with van der Waals surface area (Å²) in [4.78, 5) is 24.1. The second-order valence-electron chi connectivity index (χ2n) is 6.28. The summed E-state index contributed by atoms with van der Waals surface area (Å²) in [6.45, 7) is 3.60. The molecule has 1 fully saturated rings. The predicted molar refractivity (Wildman–Crippen MR) is 90.7 cm³/mol. The van der Waals surface area contributed by atoms with E-state index in [4.69, 9.17) is 9.47 Å². The van der Waals surface area contributed by atoms with Gasteiger partial charge in [0.05, 0.1) is 12.2 Å². The van der Waals surface area contributed by atoms with Crippen LogP contribution in [0.25, 0.3) is 0 Å². The number of hydrogen-bond donors (Lipinski definition) is 1. The Hall–Kier alpha value is -1.41. The molecule has 3 rings (SSSR count). The van der Waals surface area contributed by atoms with Crippen molar-refractivity contribution in [2.24, 2.45) is 11.8 Å². The number of halogens is 1. The molecule has 0 amide bonds. The molecule has 1 N–H and O–H groups in total. The first kappa shape index (κ1) is 16.4. The van der Waals surface area contributed by atoms with E-state index < -0.39 is 41.6 Å². The van der Waals surface area contributed by atoms with Crippen LogP contribution in [0.1, 0.15) is 19.4 Å². The van der Waals surface area contributed by atoms with Crippen molar-refractivity contribution in [2.45, 2.75) is 31.7 Å². The van der Waals surface area contributed by atoms with Crippen LogP contribution in [0, 0.1) is 15.4 Å². The summed E-state index contributed by atoms with van der Waals surface area (Å²) in [5, 5.41) is 9.38. The summed E-state index contributed by atoms with van der Waals surface area (Å²) in [5.74, 6) is -3.25. The van der Waals surface area contributed by atoms with E-state index >= 15 is 0 Å². The fourth-order valence-corrected chi connectivity index (χ4v) is 3.47. The van der Waals surface area contributed by atoms with E-state index in [1.54, 1.807) is 26.0 Å². The highest BCUT2D eigenvalue weighted by atomic mass is 127. The topological polar surface area (TPSA) is 72.8 Å². The minimum atomic E-state index is -1.03. The molecule has 1 saturated heterocycles. The zero-order valence-corrected chi connectivity index (χ0v) is 14.9. The van der Waals surface area contributed by atoms with E-state index in [0.29, 0.717) is 0 Å². The molecule has 1 aromatic rings. The van der Waals surface area contributed by atoms with Gasteiger partial charge in [0, 0.05) is 3.57 Å². The van der Waals surface area contributed by atoms with Crippen LogP contribution in [-0.4, -0.2) is 29.3 Å². The third-order valence-corrected chi connectivity index (χ3v) is 5.07. The number of carboxylic acids is 1. The van der Waals surface area contributed by atoms with Crippen LogP contribution in [0.2, 0.25) is 0 Å². The van der Waals surface area contributed by atoms with Crippen molar-refractivity contribution >= 4 is 34.5 Å². The number of ether oxygens (including phenoxy) is 2. The van der Waals surface area contributed by atoms with Gasteiger partial charge < -0.3 is 14.6 Å². The molecular formula is C17H17IO5. The predicted octanol–water partition coefficient (Wildman–Crippen LogP) is 2.72. The first-order valence-electron chi connectivity index (χ1n) is 7.35. The summed E-state index contributed by atoms with van der Waals surface area (Å²) >= 11 is 2.21. The standard InChI is InChI=1S/C17H17IO5/c1-17(2,9-3-5-10(18)6-4-9)23-16(21)14-12-8-7-11(22-12)13(14)15(19)20/h3-8,11-14H,1-2H3,(H,19,20). The average molecular weight is 428 g/mol. The van der Waals surface area contributed by atoms with Gasteiger partial charge in [-0.2, -0.15) is 0 Å². The summed E-state index contributed by atoms with van der Waals surface area (Å²) in [5.41, 5.74) is 0.0218. The maximum Gasteiger partial charge on any atom is 0.313 e. The molecule has 2 aliphatic heterocycles. The lowest BCUT2D eigenvalue weighted by Gasteiger charge is -2.29. The van der Waals surface area contributed by atoms with Crippen LogP contribution in [-0.2, 0) is 24.7 Å². The normalized spacial score (nSPS) is 28.8. The Morgan fingerprint density at radius 3 is 2.26 bits per heavy atom. The number of hydrogen-bond acceptors (Lipinski definition) is 4. The van der Waals surface area contributed by atoms with E-state index in [0.717, 1.165) is 9.13 Å². The number of fused-ring (bicyclic) bond motifs is 2. The Labute approximate surface area is 147 Å². The fraction of sp³-hybridized carbons (Fsp3) is 0.412. The molecular weight excluding hydrogens is 411 g/mol. The van der Waals surface area contributed by atoms with Crippen LogP contribution in [0.5, 0.6) is 0 Å². The molecule has 0 saturated carbocycles. The number of rotatable bonds is 4. The Balaban J connectivity index is 1.79. The van der Waals surface area contributed by atoms with Gasteiger partial charge in [0.15, 0.2) is 0 Å². The first-order valence-corrected chi connectivity index (χ1v) is 8.43. The minimum Gasteiger partial charge on any atom is -0.481 e. The molecule has 23 heavy (non-hydrogen) atoms. The zero-order chi connectivity index (χ0) is 16.8. The van der Waals surface area contributed by atoms with Gasteiger partial charge in [-0.25, -0.2) is 0 Å². The number of carbonyl (C=O) groups excluding carboxylic acids is 1. The van der Waals surface area contributed by atoms with E-state index in [-0.39, 0.29) is 0 Å². The van der Waals surface area contributed by atoms with Gasteiger partial charge in [0.1, 0.15) is 17.4 Å². The molecule has 4 unspecified atom stereocenters. The van der Waals surface area contributed by atoms with Crippen molar-refractivity contribution in [3.63, 3.8) is 0 Å². The number of esters is 1. The molecule has 0 aromatic heterocycles. The van der Waals surface area contributed by atoms with Gasteiger partial charge in [-0.05, 0) is 54.1 Å². The Kier molecular flexibility index (Phi) is 4.22. The second-order valence-corrected chi connectivity index (χ2v) is 7.52. The van der Waals surface area contributed by atoms with Gasteiger partial charge in [-0.3, -0.25) is 9.59 Å². The molecule has 2 heterocycles. The third-order valence-electron chi connectivity index (χ3n) is 4.35. The summed E-state index contributed by atoms with van der Waals surface area (Å²) in [7, 11) is 0. The molecule has 4 atom stereocenters. The van der Waals surface area contributed by atoms with Crippen molar-refractivity contribution < 1.29 is 24.2 Å². The summed E-state index contributed by atoms with van der Waals surface area (Å²) in [6, 6.07) is 7.69. The van der Waals surface area contributed by atoms with Gasteiger partial charge in [0.25, 0.3) is 0 Å². The molecule has 5 nitrogen and oxygen atoms in total. The van der Waals surface area contributed by atoms with Gasteiger partial charge in [-0.1, -0.05) is 24.3 Å². The van der Waals surface area contributed by atoms with Crippen LogP contribution in [0.15, 0.2) is 36.4 Å². The molecule has 2 bridgehead atoms. The molecule has 1 aromatic carbocycles. The van der Waals surface area contributed by atoms with Gasteiger partial charge in [-0.15, -0.1) is 0 Å². The second kappa shape index (κ2) is 5.90. The number of aliphatic carboxylic acids is 1. The van der Waals surface area contributed by atoms with E-state index in [1.807, 2.05) is 24.3 Å². The van der Waals surface area contributed by atoms with Crippen molar-refractivity contribution in [3.05, 3.63) is 45.6 Å². The summed E-state index contributed by atoms with van der Waals surface area (Å²) < 4.78 is 12.3. The van der Waals surface area contributed by atoms with Crippen LogP contribution in [0.3, 0.4) is 0 Å². The van der Waals surface area contributed by atoms with Crippen LogP contribution < -0.4 is 0 Å². The molecule has 0 radical (unpaired) electrons. The zero-order valence-electron chi connectivity index (χ0n) is 12.7. The monoisotopic (exact) mass is 428 g/mol. The Morgan fingerprint density at radius 2 is 1.70 bits per heavy atom. The van der Waals surface area contributed by atoms with Crippen molar-refractivity contribution in [3.8, 4) is 0 Å². The SMILES string of the molecule is CC(C)(OC(=O)C1C2C=CC(O2)C1C(=O)O)c1ccc(I)cc1. The molecule has 0 spiro atoms. The largest absolute Gasteiger partial charge is 0.481 e. The first-order chi connectivity index (χ1) is 10.8. The van der Waals surface area contributed by atoms with Gasteiger partial charge >= 0.3 is 11.9 Å². The lowest BCUT2D eigenvalue weighted by atomic mass is 9.83. The molecule has 122 valence electrons. The van der Waals surface area contributed by atoms with E-state index in [1.165, 1.54) is 0 Å². The highest BCUT2D eigenvalue weighted by Crippen LogP contribution is 2.41. The maximum absolute atomic E-state index is 12.6. The smallest absolute Gasteiger partial charge is 0.313 e. The number of carbonyl (C=O) groups is 2. The van der Waals surface area contributed by atoms with Crippen molar-refractivity contribution in [2.75, 3.05) is 0 Å². The lowest BCUT2D eigenvalue weighted by Crippen LogP contribution is -2.40. The van der Waals surface area contributed by atoms with E-state index in [9.17, 15) is 14.7 Å².